The number of guanidine groups is 1. The van der Waals surface area contributed by atoms with Crippen LogP contribution in [0.15, 0.2) is 4.99 Å². The Bertz CT molecular complexity index is 708. The van der Waals surface area contributed by atoms with Crippen LogP contribution in [0, 0.1) is 0 Å². The van der Waals surface area contributed by atoms with Crippen LogP contribution in [-0.2, 0) is 19.2 Å². The standard InChI is InChI=1S/C20H35N7O4/c1-3-23-17(29)15-8-6-12-27(15)19(31)14(7-4-10-24-20(21)22)25-18(30)16-9-5-11-26(16)13(2)28/h14-16H,3-12H2,1-2H3,(H,23,29)(H,25,30)(H4,21,22,24)/t14-,15+,16+/m1/s1. The van der Waals surface area contributed by atoms with Crippen molar-refractivity contribution in [2.45, 2.75) is 70.5 Å². The highest BCUT2D eigenvalue weighted by Crippen LogP contribution is 2.21. The predicted molar refractivity (Wildman–Crippen MR) is 116 cm³/mol. The minimum atomic E-state index is -0.814. The van der Waals surface area contributed by atoms with E-state index in [1.807, 2.05) is 6.92 Å². The molecule has 174 valence electrons. The summed E-state index contributed by atoms with van der Waals surface area (Å²) in [5, 5.41) is 5.60. The SMILES string of the molecule is CCNC(=O)[C@@H]1CCCN1C(=O)[C@@H](CCCN=C(N)N)NC(=O)[C@@H]1CCCN1C(C)=O. The normalized spacial score (nSPS) is 21.5. The number of aliphatic imine (C=N–C) groups is 1. The first-order valence-electron chi connectivity index (χ1n) is 11.0. The fourth-order valence-corrected chi connectivity index (χ4v) is 4.24. The largest absolute Gasteiger partial charge is 0.370 e. The lowest BCUT2D eigenvalue weighted by Gasteiger charge is -2.30. The molecule has 2 saturated heterocycles. The highest BCUT2D eigenvalue weighted by molar-refractivity contribution is 5.94. The lowest BCUT2D eigenvalue weighted by Crippen LogP contribution is -2.56. The molecular weight excluding hydrogens is 402 g/mol. The molecule has 0 aromatic rings. The number of likely N-dealkylation sites (N-methyl/N-ethyl adjacent to an activating group) is 1. The zero-order valence-corrected chi connectivity index (χ0v) is 18.4. The minimum absolute atomic E-state index is 0.0363. The summed E-state index contributed by atoms with van der Waals surface area (Å²) in [5.41, 5.74) is 10.7. The maximum atomic E-state index is 13.3. The van der Waals surface area contributed by atoms with Gasteiger partial charge in [-0.05, 0) is 45.4 Å². The Morgan fingerprint density at radius 2 is 1.65 bits per heavy atom. The van der Waals surface area contributed by atoms with E-state index in [1.165, 1.54) is 11.8 Å². The van der Waals surface area contributed by atoms with Crippen molar-refractivity contribution in [2.24, 2.45) is 16.5 Å². The molecule has 0 radical (unpaired) electrons. The molecule has 2 aliphatic rings. The van der Waals surface area contributed by atoms with E-state index in [-0.39, 0.29) is 29.6 Å². The summed E-state index contributed by atoms with van der Waals surface area (Å²) in [6.45, 7) is 5.06. The number of nitrogens with two attached hydrogens (primary N) is 2. The van der Waals surface area contributed by atoms with Crippen molar-refractivity contribution in [3.8, 4) is 0 Å². The summed E-state index contributed by atoms with van der Waals surface area (Å²) in [6, 6.07) is -1.93. The maximum Gasteiger partial charge on any atom is 0.245 e. The molecule has 11 heteroatoms. The first kappa shape index (κ1) is 24.4. The molecule has 0 aromatic heterocycles. The van der Waals surface area contributed by atoms with Gasteiger partial charge in [0.2, 0.25) is 23.6 Å². The van der Waals surface area contributed by atoms with Crippen LogP contribution in [0.1, 0.15) is 52.4 Å². The van der Waals surface area contributed by atoms with Gasteiger partial charge in [-0.2, -0.15) is 0 Å². The summed E-state index contributed by atoms with van der Waals surface area (Å²) < 4.78 is 0. The molecule has 31 heavy (non-hydrogen) atoms. The van der Waals surface area contributed by atoms with Crippen LogP contribution >= 0.6 is 0 Å². The van der Waals surface area contributed by atoms with Crippen LogP contribution in [0.3, 0.4) is 0 Å². The second-order valence-corrected chi connectivity index (χ2v) is 7.96. The third-order valence-corrected chi connectivity index (χ3v) is 5.71. The Labute approximate surface area is 183 Å². The maximum absolute atomic E-state index is 13.3. The monoisotopic (exact) mass is 437 g/mol. The second kappa shape index (κ2) is 11.5. The third kappa shape index (κ3) is 6.56. The van der Waals surface area contributed by atoms with Crippen LogP contribution in [0.2, 0.25) is 0 Å². The summed E-state index contributed by atoms with van der Waals surface area (Å²) in [6.07, 6.45) is 3.43. The molecule has 0 unspecified atom stereocenters. The van der Waals surface area contributed by atoms with Crippen LogP contribution < -0.4 is 22.1 Å². The van der Waals surface area contributed by atoms with Crippen molar-refractivity contribution in [3.05, 3.63) is 0 Å². The molecule has 6 N–H and O–H groups in total. The van der Waals surface area contributed by atoms with Gasteiger partial charge in [-0.15, -0.1) is 0 Å². The fourth-order valence-electron chi connectivity index (χ4n) is 4.24. The molecule has 2 aliphatic heterocycles. The third-order valence-electron chi connectivity index (χ3n) is 5.71. The Morgan fingerprint density at radius 3 is 2.23 bits per heavy atom. The van der Waals surface area contributed by atoms with E-state index in [0.717, 1.165) is 12.8 Å². The number of amides is 4. The van der Waals surface area contributed by atoms with E-state index in [0.29, 0.717) is 51.9 Å². The number of hydrogen-bond donors (Lipinski definition) is 4. The quantitative estimate of drug-likeness (QED) is 0.198. The number of hydrogen-bond acceptors (Lipinski definition) is 5. The van der Waals surface area contributed by atoms with Gasteiger partial charge in [-0.1, -0.05) is 0 Å². The van der Waals surface area contributed by atoms with Crippen molar-refractivity contribution in [3.63, 3.8) is 0 Å². The zero-order chi connectivity index (χ0) is 23.0. The van der Waals surface area contributed by atoms with Gasteiger partial charge in [0.05, 0.1) is 0 Å². The number of carbonyl (C=O) groups is 4. The van der Waals surface area contributed by atoms with Crippen molar-refractivity contribution >= 4 is 29.6 Å². The molecule has 0 saturated carbocycles. The molecule has 2 fully saturated rings. The molecule has 11 nitrogen and oxygen atoms in total. The lowest BCUT2D eigenvalue weighted by molar-refractivity contribution is -0.143. The summed E-state index contributed by atoms with van der Waals surface area (Å²) in [7, 11) is 0. The number of nitrogens with one attached hydrogen (secondary N) is 2. The van der Waals surface area contributed by atoms with Gasteiger partial charge in [0, 0.05) is 33.1 Å². The van der Waals surface area contributed by atoms with Gasteiger partial charge in [-0.25, -0.2) is 0 Å². The highest BCUT2D eigenvalue weighted by atomic mass is 16.2. The molecule has 4 amide bonds. The number of carbonyl (C=O) groups excluding carboxylic acids is 4. The van der Waals surface area contributed by atoms with Gasteiger partial charge in [0.1, 0.15) is 18.1 Å². The molecule has 0 bridgehead atoms. The van der Waals surface area contributed by atoms with E-state index in [1.54, 1.807) is 4.90 Å². The molecule has 2 rings (SSSR count). The van der Waals surface area contributed by atoms with Crippen LogP contribution in [0.25, 0.3) is 0 Å². The van der Waals surface area contributed by atoms with Crippen LogP contribution in [0.4, 0.5) is 0 Å². The topological polar surface area (TPSA) is 163 Å². The molecule has 3 atom stereocenters. The Kier molecular flexibility index (Phi) is 9.07. The van der Waals surface area contributed by atoms with Crippen LogP contribution in [-0.4, -0.2) is 83.7 Å². The van der Waals surface area contributed by atoms with Gasteiger partial charge in [0.15, 0.2) is 5.96 Å². The number of likely N-dealkylation sites (tertiary alicyclic amines) is 2. The highest BCUT2D eigenvalue weighted by Gasteiger charge is 2.39. The van der Waals surface area contributed by atoms with E-state index >= 15 is 0 Å². The Morgan fingerprint density at radius 1 is 1.03 bits per heavy atom. The summed E-state index contributed by atoms with van der Waals surface area (Å²) in [4.78, 5) is 57.5. The van der Waals surface area contributed by atoms with E-state index in [4.69, 9.17) is 11.5 Å². The molecule has 2 heterocycles. The summed E-state index contributed by atoms with van der Waals surface area (Å²) in [5.74, 6) is -1.02. The van der Waals surface area contributed by atoms with Gasteiger partial charge in [-0.3, -0.25) is 24.2 Å². The Hall–Kier alpha value is -2.85. The van der Waals surface area contributed by atoms with Gasteiger partial charge in [0.25, 0.3) is 0 Å². The van der Waals surface area contributed by atoms with Gasteiger partial charge >= 0.3 is 0 Å². The fraction of sp³-hybridized carbons (Fsp3) is 0.750. The number of rotatable bonds is 9. The molecular formula is C20H35N7O4. The van der Waals surface area contributed by atoms with Crippen molar-refractivity contribution in [2.75, 3.05) is 26.2 Å². The molecule has 0 aromatic carbocycles. The van der Waals surface area contributed by atoms with Gasteiger partial charge < -0.3 is 31.9 Å². The second-order valence-electron chi connectivity index (χ2n) is 7.96. The van der Waals surface area contributed by atoms with Crippen LogP contribution in [0.5, 0.6) is 0 Å². The number of nitrogens with zero attached hydrogens (tertiary/aromatic N) is 3. The predicted octanol–water partition coefficient (Wildman–Crippen LogP) is -1.34. The summed E-state index contributed by atoms with van der Waals surface area (Å²) >= 11 is 0. The first-order valence-corrected chi connectivity index (χ1v) is 11.0. The van der Waals surface area contributed by atoms with E-state index < -0.39 is 18.1 Å². The van der Waals surface area contributed by atoms with Crippen molar-refractivity contribution in [1.82, 2.24) is 20.4 Å². The molecule has 0 spiro atoms. The lowest BCUT2D eigenvalue weighted by atomic mass is 10.1. The molecule has 0 aliphatic carbocycles. The Balaban J connectivity index is 2.12. The zero-order valence-electron chi connectivity index (χ0n) is 18.4. The first-order chi connectivity index (χ1) is 14.8. The van der Waals surface area contributed by atoms with E-state index in [9.17, 15) is 19.2 Å². The smallest absolute Gasteiger partial charge is 0.245 e. The van der Waals surface area contributed by atoms with E-state index in [2.05, 4.69) is 15.6 Å². The van der Waals surface area contributed by atoms with Crippen molar-refractivity contribution in [1.29, 1.82) is 0 Å². The average molecular weight is 438 g/mol. The minimum Gasteiger partial charge on any atom is -0.370 e. The van der Waals surface area contributed by atoms with Crippen molar-refractivity contribution < 1.29 is 19.2 Å². The average Bonchev–Trinajstić information content (AvgIpc) is 3.39.